The van der Waals surface area contributed by atoms with E-state index in [1.165, 1.54) is 12.1 Å². The predicted octanol–water partition coefficient (Wildman–Crippen LogP) is 2.09. The van der Waals surface area contributed by atoms with Gasteiger partial charge in [0.15, 0.2) is 0 Å². The van der Waals surface area contributed by atoms with Crippen LogP contribution in [0.5, 0.6) is 5.75 Å². The largest absolute Gasteiger partial charge is 0.506 e. The molecule has 1 aliphatic heterocycles. The van der Waals surface area contributed by atoms with Gasteiger partial charge in [0.1, 0.15) is 5.75 Å². The van der Waals surface area contributed by atoms with Crippen LogP contribution in [0, 0.1) is 0 Å². The van der Waals surface area contributed by atoms with Crippen molar-refractivity contribution < 1.29 is 9.90 Å². The SMILES string of the molecule is CN1CCN(C(=O)c2cc(Cl)cc(Cl)c2O)CC1. The number of nitrogens with zero attached hydrogens (tertiary/aromatic N) is 2. The van der Waals surface area contributed by atoms with Crippen molar-refractivity contribution in [2.45, 2.75) is 0 Å². The molecule has 1 amide bonds. The summed E-state index contributed by atoms with van der Waals surface area (Å²) in [5.41, 5.74) is 0.164. The van der Waals surface area contributed by atoms with Crippen molar-refractivity contribution in [3.05, 3.63) is 27.7 Å². The number of amides is 1. The van der Waals surface area contributed by atoms with Crippen molar-refractivity contribution in [2.75, 3.05) is 33.2 Å². The summed E-state index contributed by atoms with van der Waals surface area (Å²) in [5, 5.41) is 10.3. The van der Waals surface area contributed by atoms with Gasteiger partial charge in [0.25, 0.3) is 5.91 Å². The number of piperazine rings is 1. The van der Waals surface area contributed by atoms with Crippen LogP contribution in [-0.4, -0.2) is 54.0 Å². The highest BCUT2D eigenvalue weighted by molar-refractivity contribution is 6.36. The van der Waals surface area contributed by atoms with Crippen molar-refractivity contribution in [3.63, 3.8) is 0 Å². The van der Waals surface area contributed by atoms with E-state index in [1.54, 1.807) is 4.90 Å². The minimum Gasteiger partial charge on any atom is -0.506 e. The average molecular weight is 289 g/mol. The highest BCUT2D eigenvalue weighted by Crippen LogP contribution is 2.32. The zero-order valence-corrected chi connectivity index (χ0v) is 11.5. The Morgan fingerprint density at radius 2 is 1.83 bits per heavy atom. The number of halogens is 2. The number of benzene rings is 1. The fraction of sp³-hybridized carbons (Fsp3) is 0.417. The smallest absolute Gasteiger partial charge is 0.257 e. The van der Waals surface area contributed by atoms with Crippen molar-refractivity contribution in [2.24, 2.45) is 0 Å². The summed E-state index contributed by atoms with van der Waals surface area (Å²) in [6.45, 7) is 2.92. The van der Waals surface area contributed by atoms with Gasteiger partial charge < -0.3 is 14.9 Å². The molecular formula is C12H14Cl2N2O2. The second-order valence-corrected chi connectivity index (χ2v) is 5.22. The number of aromatic hydroxyl groups is 1. The number of carbonyl (C=O) groups excluding carboxylic acids is 1. The zero-order valence-electron chi connectivity index (χ0n) is 9.99. The molecule has 0 spiro atoms. The maximum atomic E-state index is 12.3. The first-order valence-electron chi connectivity index (χ1n) is 5.65. The third-order valence-electron chi connectivity index (χ3n) is 3.05. The van der Waals surface area contributed by atoms with E-state index in [0.717, 1.165) is 13.1 Å². The van der Waals surface area contributed by atoms with E-state index in [0.29, 0.717) is 18.1 Å². The lowest BCUT2D eigenvalue weighted by Crippen LogP contribution is -2.47. The number of likely N-dealkylation sites (N-methyl/N-ethyl adjacent to an activating group) is 1. The van der Waals surface area contributed by atoms with Crippen LogP contribution in [0.2, 0.25) is 10.0 Å². The molecule has 0 atom stereocenters. The fourth-order valence-corrected chi connectivity index (χ4v) is 2.40. The van der Waals surface area contributed by atoms with E-state index < -0.39 is 0 Å². The molecule has 1 aliphatic rings. The van der Waals surface area contributed by atoms with Crippen LogP contribution in [-0.2, 0) is 0 Å². The Balaban J connectivity index is 2.23. The molecule has 18 heavy (non-hydrogen) atoms. The molecule has 0 unspecified atom stereocenters. The summed E-state index contributed by atoms with van der Waals surface area (Å²) in [5.74, 6) is -0.435. The summed E-state index contributed by atoms with van der Waals surface area (Å²) in [6, 6.07) is 2.86. The van der Waals surface area contributed by atoms with Gasteiger partial charge in [-0.2, -0.15) is 0 Å². The van der Waals surface area contributed by atoms with Gasteiger partial charge in [0.05, 0.1) is 10.6 Å². The third kappa shape index (κ3) is 2.71. The predicted molar refractivity (Wildman–Crippen MR) is 71.5 cm³/mol. The molecule has 2 rings (SSSR count). The first-order valence-corrected chi connectivity index (χ1v) is 6.40. The normalized spacial score (nSPS) is 16.9. The molecule has 0 saturated carbocycles. The van der Waals surface area contributed by atoms with Gasteiger partial charge in [0.2, 0.25) is 0 Å². The van der Waals surface area contributed by atoms with Crippen molar-refractivity contribution in [1.29, 1.82) is 0 Å². The maximum Gasteiger partial charge on any atom is 0.257 e. The standard InChI is InChI=1S/C12H14Cl2N2O2/c1-15-2-4-16(5-3-15)12(18)9-6-8(13)7-10(14)11(9)17/h6-7,17H,2-5H2,1H3. The van der Waals surface area contributed by atoms with Gasteiger partial charge in [-0.05, 0) is 19.2 Å². The summed E-state index contributed by atoms with van der Waals surface area (Å²) >= 11 is 11.7. The third-order valence-corrected chi connectivity index (χ3v) is 3.56. The first-order chi connectivity index (χ1) is 8.49. The molecule has 0 bridgehead atoms. The molecule has 6 heteroatoms. The molecule has 1 saturated heterocycles. The molecule has 1 fully saturated rings. The monoisotopic (exact) mass is 288 g/mol. The Bertz CT molecular complexity index is 471. The lowest BCUT2D eigenvalue weighted by atomic mass is 10.1. The maximum absolute atomic E-state index is 12.3. The summed E-state index contributed by atoms with van der Waals surface area (Å²) in [7, 11) is 2.01. The molecule has 4 nitrogen and oxygen atoms in total. The molecule has 1 aromatic carbocycles. The first kappa shape index (κ1) is 13.5. The van der Waals surface area contributed by atoms with E-state index in [1.807, 2.05) is 7.05 Å². The van der Waals surface area contributed by atoms with Gasteiger partial charge in [-0.25, -0.2) is 0 Å². The molecular weight excluding hydrogens is 275 g/mol. The molecule has 98 valence electrons. The second-order valence-electron chi connectivity index (χ2n) is 4.38. The van der Waals surface area contributed by atoms with E-state index in [2.05, 4.69) is 4.90 Å². The average Bonchev–Trinajstić information content (AvgIpc) is 2.34. The van der Waals surface area contributed by atoms with E-state index in [4.69, 9.17) is 23.2 Å². The Kier molecular flexibility index (Phi) is 4.00. The molecule has 1 heterocycles. The fourth-order valence-electron chi connectivity index (χ4n) is 1.91. The van der Waals surface area contributed by atoms with E-state index in [9.17, 15) is 9.90 Å². The number of carbonyl (C=O) groups is 1. The number of hydrogen-bond acceptors (Lipinski definition) is 3. The Labute approximate surface area is 116 Å². The second kappa shape index (κ2) is 5.34. The van der Waals surface area contributed by atoms with Gasteiger partial charge in [-0.1, -0.05) is 23.2 Å². The van der Waals surface area contributed by atoms with Crippen molar-refractivity contribution >= 4 is 29.1 Å². The minimum atomic E-state index is -0.231. The van der Waals surface area contributed by atoms with Crippen LogP contribution < -0.4 is 0 Å². The number of rotatable bonds is 1. The van der Waals surface area contributed by atoms with Crippen LogP contribution in [0.25, 0.3) is 0 Å². The van der Waals surface area contributed by atoms with E-state index >= 15 is 0 Å². The highest BCUT2D eigenvalue weighted by atomic mass is 35.5. The number of phenolic OH excluding ortho intramolecular Hbond substituents is 1. The quantitative estimate of drug-likeness (QED) is 0.861. The van der Waals surface area contributed by atoms with Gasteiger partial charge in [-0.3, -0.25) is 4.79 Å². The van der Waals surface area contributed by atoms with Crippen LogP contribution in [0.1, 0.15) is 10.4 Å². The van der Waals surface area contributed by atoms with Crippen LogP contribution in [0.15, 0.2) is 12.1 Å². The molecule has 0 aromatic heterocycles. The van der Waals surface area contributed by atoms with Crippen molar-refractivity contribution in [1.82, 2.24) is 9.80 Å². The van der Waals surface area contributed by atoms with Crippen LogP contribution in [0.4, 0.5) is 0 Å². The van der Waals surface area contributed by atoms with Crippen LogP contribution in [0.3, 0.4) is 0 Å². The minimum absolute atomic E-state index is 0.0972. The Morgan fingerprint density at radius 3 is 2.44 bits per heavy atom. The highest BCUT2D eigenvalue weighted by Gasteiger charge is 2.23. The van der Waals surface area contributed by atoms with Gasteiger partial charge in [0, 0.05) is 31.2 Å². The molecule has 0 radical (unpaired) electrons. The van der Waals surface area contributed by atoms with Gasteiger partial charge >= 0.3 is 0 Å². The number of phenols is 1. The Morgan fingerprint density at radius 1 is 1.22 bits per heavy atom. The zero-order chi connectivity index (χ0) is 13.3. The summed E-state index contributed by atoms with van der Waals surface area (Å²) in [6.07, 6.45) is 0. The van der Waals surface area contributed by atoms with Crippen molar-refractivity contribution in [3.8, 4) is 5.75 Å². The molecule has 0 aliphatic carbocycles. The summed E-state index contributed by atoms with van der Waals surface area (Å²) in [4.78, 5) is 16.1. The molecule has 1 aromatic rings. The van der Waals surface area contributed by atoms with E-state index in [-0.39, 0.29) is 22.2 Å². The van der Waals surface area contributed by atoms with Gasteiger partial charge in [-0.15, -0.1) is 0 Å². The topological polar surface area (TPSA) is 43.8 Å². The Hall–Kier alpha value is -0.970. The molecule has 1 N–H and O–H groups in total. The lowest BCUT2D eigenvalue weighted by Gasteiger charge is -2.32. The lowest BCUT2D eigenvalue weighted by molar-refractivity contribution is 0.0661. The number of hydrogen-bond donors (Lipinski definition) is 1. The van der Waals surface area contributed by atoms with Crippen LogP contribution >= 0.6 is 23.2 Å². The summed E-state index contributed by atoms with van der Waals surface area (Å²) < 4.78 is 0.